The van der Waals surface area contributed by atoms with Crippen LogP contribution in [0.2, 0.25) is 0 Å². The topological polar surface area (TPSA) is 54.6 Å². The third-order valence-corrected chi connectivity index (χ3v) is 5.16. The van der Waals surface area contributed by atoms with Gasteiger partial charge in [-0.1, -0.05) is 13.8 Å². The molecule has 1 atom stereocenters. The van der Waals surface area contributed by atoms with Gasteiger partial charge in [0.25, 0.3) is 0 Å². The van der Waals surface area contributed by atoms with Crippen LogP contribution in [0.5, 0.6) is 0 Å². The van der Waals surface area contributed by atoms with Crippen molar-refractivity contribution in [3.05, 3.63) is 23.7 Å². The first-order valence-corrected chi connectivity index (χ1v) is 8.02. The number of rotatable bonds is 4. The lowest BCUT2D eigenvalue weighted by atomic mass is 9.74. The minimum Gasteiger partial charge on any atom is -0.469 e. The van der Waals surface area contributed by atoms with Crippen molar-refractivity contribution < 1.29 is 14.3 Å². The van der Waals surface area contributed by atoms with Crippen LogP contribution in [0.4, 0.5) is 0 Å². The zero-order chi connectivity index (χ0) is 14.9. The van der Waals surface area contributed by atoms with Gasteiger partial charge in [0.05, 0.1) is 12.9 Å². The van der Waals surface area contributed by atoms with Gasteiger partial charge < -0.3 is 19.6 Å². The fourth-order valence-corrected chi connectivity index (χ4v) is 3.69. The van der Waals surface area contributed by atoms with Gasteiger partial charge in [0.2, 0.25) is 0 Å². The van der Waals surface area contributed by atoms with E-state index in [1.165, 1.54) is 5.56 Å². The summed E-state index contributed by atoms with van der Waals surface area (Å²) in [6, 6.07) is 2.42. The summed E-state index contributed by atoms with van der Waals surface area (Å²) in [4.78, 5) is 0. The molecule has 1 unspecified atom stereocenters. The lowest BCUT2D eigenvalue weighted by Gasteiger charge is -2.40. The SMILES string of the molecule is CC1(C)Cc2occc2C(NCC2(CO)CCOCC2)C1. The molecular weight excluding hydrogens is 266 g/mol. The summed E-state index contributed by atoms with van der Waals surface area (Å²) in [5.41, 5.74) is 1.53. The molecule has 1 aliphatic carbocycles. The van der Waals surface area contributed by atoms with E-state index in [1.807, 2.05) is 0 Å². The van der Waals surface area contributed by atoms with E-state index in [2.05, 4.69) is 25.2 Å². The zero-order valence-electron chi connectivity index (χ0n) is 13.2. The third-order valence-electron chi connectivity index (χ3n) is 5.16. The van der Waals surface area contributed by atoms with Gasteiger partial charge in [0.15, 0.2) is 0 Å². The standard InChI is InChI=1S/C17H27NO3/c1-16(2)9-14(13-3-6-21-15(13)10-16)18-11-17(12-19)4-7-20-8-5-17/h3,6,14,18-19H,4-5,7-12H2,1-2H3. The summed E-state index contributed by atoms with van der Waals surface area (Å²) >= 11 is 0. The van der Waals surface area contributed by atoms with E-state index >= 15 is 0 Å². The maximum Gasteiger partial charge on any atom is 0.109 e. The Morgan fingerprint density at radius 2 is 2.10 bits per heavy atom. The van der Waals surface area contributed by atoms with Crippen LogP contribution in [0.15, 0.2) is 16.7 Å². The molecule has 2 N–H and O–H groups in total. The quantitative estimate of drug-likeness (QED) is 0.896. The molecule has 0 radical (unpaired) electrons. The molecule has 2 heterocycles. The molecule has 0 bridgehead atoms. The highest BCUT2D eigenvalue weighted by Gasteiger charge is 2.37. The fourth-order valence-electron chi connectivity index (χ4n) is 3.69. The number of aliphatic hydroxyl groups excluding tert-OH is 1. The van der Waals surface area contributed by atoms with Gasteiger partial charge in [-0.2, -0.15) is 0 Å². The summed E-state index contributed by atoms with van der Waals surface area (Å²) in [6.45, 7) is 7.19. The first kappa shape index (κ1) is 15.1. The van der Waals surface area contributed by atoms with Crippen LogP contribution in [-0.4, -0.2) is 31.5 Å². The molecule has 4 nitrogen and oxygen atoms in total. The highest BCUT2D eigenvalue weighted by molar-refractivity contribution is 5.26. The summed E-state index contributed by atoms with van der Waals surface area (Å²) in [5, 5.41) is 13.5. The molecule has 1 aromatic rings. The summed E-state index contributed by atoms with van der Waals surface area (Å²) in [6.07, 6.45) is 5.79. The third kappa shape index (κ3) is 3.17. The van der Waals surface area contributed by atoms with Crippen molar-refractivity contribution in [1.82, 2.24) is 5.32 Å². The summed E-state index contributed by atoms with van der Waals surface area (Å²) in [7, 11) is 0. The molecule has 0 amide bonds. The van der Waals surface area contributed by atoms with Crippen LogP contribution in [0.3, 0.4) is 0 Å². The van der Waals surface area contributed by atoms with Crippen LogP contribution in [0.1, 0.15) is 50.5 Å². The number of aliphatic hydroxyl groups is 1. The molecular formula is C17H27NO3. The Balaban J connectivity index is 1.70. The average Bonchev–Trinajstić information content (AvgIpc) is 2.92. The number of ether oxygens (including phenoxy) is 1. The second-order valence-electron chi connectivity index (χ2n) is 7.55. The van der Waals surface area contributed by atoms with Crippen molar-refractivity contribution in [2.75, 3.05) is 26.4 Å². The predicted molar refractivity (Wildman–Crippen MR) is 81.1 cm³/mol. The minimum atomic E-state index is -0.0241. The highest BCUT2D eigenvalue weighted by atomic mass is 16.5. The molecule has 21 heavy (non-hydrogen) atoms. The van der Waals surface area contributed by atoms with Crippen molar-refractivity contribution in [2.45, 2.75) is 45.6 Å². The molecule has 118 valence electrons. The van der Waals surface area contributed by atoms with Gasteiger partial charge in [-0.15, -0.1) is 0 Å². The van der Waals surface area contributed by atoms with E-state index in [9.17, 15) is 5.11 Å². The van der Waals surface area contributed by atoms with Crippen LogP contribution in [0, 0.1) is 10.8 Å². The van der Waals surface area contributed by atoms with Gasteiger partial charge >= 0.3 is 0 Å². The zero-order valence-corrected chi connectivity index (χ0v) is 13.2. The van der Waals surface area contributed by atoms with Crippen LogP contribution >= 0.6 is 0 Å². The minimum absolute atomic E-state index is 0.0241. The number of nitrogens with one attached hydrogen (secondary N) is 1. The largest absolute Gasteiger partial charge is 0.469 e. The number of fused-ring (bicyclic) bond motifs is 1. The first-order chi connectivity index (χ1) is 10.0. The Labute approximate surface area is 126 Å². The molecule has 1 aromatic heterocycles. The second-order valence-corrected chi connectivity index (χ2v) is 7.55. The van der Waals surface area contributed by atoms with E-state index in [4.69, 9.17) is 9.15 Å². The van der Waals surface area contributed by atoms with E-state index in [-0.39, 0.29) is 17.4 Å². The van der Waals surface area contributed by atoms with Crippen LogP contribution in [-0.2, 0) is 11.2 Å². The summed E-state index contributed by atoms with van der Waals surface area (Å²) < 4.78 is 11.1. The average molecular weight is 293 g/mol. The van der Waals surface area contributed by atoms with Crippen LogP contribution in [0.25, 0.3) is 0 Å². The highest BCUT2D eigenvalue weighted by Crippen LogP contribution is 2.41. The lowest BCUT2D eigenvalue weighted by molar-refractivity contribution is -0.0174. The van der Waals surface area contributed by atoms with Gasteiger partial charge in [-0.05, 0) is 30.7 Å². The van der Waals surface area contributed by atoms with Gasteiger partial charge in [0.1, 0.15) is 5.76 Å². The molecule has 0 saturated carbocycles. The normalized spacial score (nSPS) is 27.3. The monoisotopic (exact) mass is 293 g/mol. The molecule has 1 fully saturated rings. The lowest BCUT2D eigenvalue weighted by Crippen LogP contribution is -2.44. The molecule has 4 heteroatoms. The molecule has 0 spiro atoms. The smallest absolute Gasteiger partial charge is 0.109 e. The molecule has 1 saturated heterocycles. The van der Waals surface area contributed by atoms with E-state index < -0.39 is 0 Å². The molecule has 1 aliphatic heterocycles. The maximum absolute atomic E-state index is 9.81. The van der Waals surface area contributed by atoms with E-state index in [0.29, 0.717) is 6.04 Å². The van der Waals surface area contributed by atoms with E-state index in [0.717, 1.165) is 51.2 Å². The predicted octanol–water partition coefficient (Wildman–Crippen LogP) is 2.67. The van der Waals surface area contributed by atoms with Gasteiger partial charge in [-0.3, -0.25) is 0 Å². The maximum atomic E-state index is 9.81. The van der Waals surface area contributed by atoms with Gasteiger partial charge in [-0.25, -0.2) is 0 Å². The number of furan rings is 1. The summed E-state index contributed by atoms with van der Waals surface area (Å²) in [5.74, 6) is 1.12. The van der Waals surface area contributed by atoms with Crippen molar-refractivity contribution in [2.24, 2.45) is 10.8 Å². The second kappa shape index (κ2) is 5.75. The number of hydrogen-bond acceptors (Lipinski definition) is 4. The van der Waals surface area contributed by atoms with Crippen molar-refractivity contribution in [1.29, 1.82) is 0 Å². The van der Waals surface area contributed by atoms with Crippen LogP contribution < -0.4 is 5.32 Å². The Morgan fingerprint density at radius 1 is 1.33 bits per heavy atom. The van der Waals surface area contributed by atoms with Crippen molar-refractivity contribution >= 4 is 0 Å². The van der Waals surface area contributed by atoms with E-state index in [1.54, 1.807) is 6.26 Å². The molecule has 3 rings (SSSR count). The Morgan fingerprint density at radius 3 is 2.81 bits per heavy atom. The van der Waals surface area contributed by atoms with Crippen molar-refractivity contribution in [3.8, 4) is 0 Å². The van der Waals surface area contributed by atoms with Crippen molar-refractivity contribution in [3.63, 3.8) is 0 Å². The Kier molecular flexibility index (Phi) is 4.12. The Bertz CT molecular complexity index is 474. The molecule has 2 aliphatic rings. The molecule has 0 aromatic carbocycles. The number of hydrogen-bond donors (Lipinski definition) is 2. The van der Waals surface area contributed by atoms with Gasteiger partial charge in [0, 0.05) is 43.2 Å². The fraction of sp³-hybridized carbons (Fsp3) is 0.765. The Hall–Kier alpha value is -0.840. The first-order valence-electron chi connectivity index (χ1n) is 8.02.